The average Bonchev–Trinajstić information content (AvgIpc) is 3.02. The number of pyridine rings is 1. The van der Waals surface area contributed by atoms with Gasteiger partial charge in [-0.25, -0.2) is 9.88 Å². The number of rotatable bonds is 6. The van der Waals surface area contributed by atoms with Crippen LogP contribution in [0.3, 0.4) is 0 Å². The van der Waals surface area contributed by atoms with E-state index in [9.17, 15) is 23.6 Å². The van der Waals surface area contributed by atoms with E-state index in [1.807, 2.05) is 13.8 Å². The predicted molar refractivity (Wildman–Crippen MR) is 98.0 cm³/mol. The monoisotopic (exact) mass is 406 g/mol. The van der Waals surface area contributed by atoms with Crippen molar-refractivity contribution in [3.05, 3.63) is 29.7 Å². The van der Waals surface area contributed by atoms with E-state index in [0.717, 1.165) is 41.2 Å². The van der Waals surface area contributed by atoms with E-state index in [2.05, 4.69) is 20.6 Å². The summed E-state index contributed by atoms with van der Waals surface area (Å²) in [5.74, 6) is -2.72. The van der Waals surface area contributed by atoms with Crippen LogP contribution in [0.25, 0.3) is 0 Å². The van der Waals surface area contributed by atoms with Crippen molar-refractivity contribution in [1.29, 1.82) is 5.26 Å². The van der Waals surface area contributed by atoms with Crippen LogP contribution in [0, 0.1) is 28.8 Å². The van der Waals surface area contributed by atoms with Gasteiger partial charge in [0.15, 0.2) is 11.9 Å². The normalized spacial score (nSPS) is 17.2. The Balaban J connectivity index is 1.93. The van der Waals surface area contributed by atoms with Crippen molar-refractivity contribution in [1.82, 2.24) is 15.3 Å². The standard InChI is InChI=1S/C17H16F2N6O2S/c1-17(2)4-3-10(17)22-14(27)13-15(21-8-26)28-16(24-13)25(7-20)9-5-11(18)23-12(19)6-9/h5-6,8,10H,3-4H2,1-2H3,(H,21,26)(H,22,27). The fourth-order valence-corrected chi connectivity index (χ4v) is 3.76. The fourth-order valence-electron chi connectivity index (χ4n) is 2.86. The van der Waals surface area contributed by atoms with Crippen LogP contribution in [-0.4, -0.2) is 28.3 Å². The highest BCUT2D eigenvalue weighted by molar-refractivity contribution is 7.20. The minimum Gasteiger partial charge on any atom is -0.347 e. The van der Waals surface area contributed by atoms with Gasteiger partial charge in [-0.2, -0.15) is 19.0 Å². The molecule has 1 unspecified atom stereocenters. The summed E-state index contributed by atoms with van der Waals surface area (Å²) in [6.45, 7) is 4.06. The molecule has 1 saturated carbocycles. The molecule has 0 radical (unpaired) electrons. The number of nitrogens with zero attached hydrogens (tertiary/aromatic N) is 4. The summed E-state index contributed by atoms with van der Waals surface area (Å²) in [6.07, 6.45) is 3.94. The van der Waals surface area contributed by atoms with Crippen molar-refractivity contribution in [2.45, 2.75) is 32.7 Å². The molecule has 1 atom stereocenters. The first-order valence-corrected chi connectivity index (χ1v) is 9.11. The second-order valence-corrected chi connectivity index (χ2v) is 7.87. The van der Waals surface area contributed by atoms with Crippen LogP contribution in [0.4, 0.5) is 24.6 Å². The molecule has 1 fully saturated rings. The van der Waals surface area contributed by atoms with Crippen LogP contribution in [0.15, 0.2) is 12.1 Å². The topological polar surface area (TPSA) is 111 Å². The Morgan fingerprint density at radius 2 is 2.07 bits per heavy atom. The van der Waals surface area contributed by atoms with Gasteiger partial charge in [-0.1, -0.05) is 25.2 Å². The highest BCUT2D eigenvalue weighted by Gasteiger charge is 2.40. The molecule has 8 nitrogen and oxygen atoms in total. The van der Waals surface area contributed by atoms with Crippen molar-refractivity contribution in [2.75, 3.05) is 10.2 Å². The number of carbonyl (C=O) groups excluding carboxylic acids is 2. The number of nitriles is 1. The van der Waals surface area contributed by atoms with Crippen LogP contribution in [-0.2, 0) is 4.79 Å². The van der Waals surface area contributed by atoms with Crippen LogP contribution in [0.5, 0.6) is 0 Å². The van der Waals surface area contributed by atoms with Crippen molar-refractivity contribution in [3.8, 4) is 6.19 Å². The van der Waals surface area contributed by atoms with E-state index in [0.29, 0.717) is 6.41 Å². The molecule has 0 bridgehead atoms. The lowest BCUT2D eigenvalue weighted by atomic mass is 9.67. The second kappa shape index (κ2) is 7.47. The molecule has 1 aliphatic rings. The van der Waals surface area contributed by atoms with Gasteiger partial charge in [-0.3, -0.25) is 9.59 Å². The molecule has 146 valence electrons. The smallest absolute Gasteiger partial charge is 0.273 e. The summed E-state index contributed by atoms with van der Waals surface area (Å²) in [5.41, 5.74) is -0.270. The lowest BCUT2D eigenvalue weighted by Crippen LogP contribution is -2.52. The van der Waals surface area contributed by atoms with E-state index in [4.69, 9.17) is 0 Å². The van der Waals surface area contributed by atoms with Gasteiger partial charge in [0.25, 0.3) is 5.91 Å². The number of aromatic nitrogens is 2. The fraction of sp³-hybridized carbons (Fsp3) is 0.353. The molecule has 1 aliphatic carbocycles. The van der Waals surface area contributed by atoms with Crippen molar-refractivity contribution < 1.29 is 18.4 Å². The molecule has 0 aliphatic heterocycles. The zero-order chi connectivity index (χ0) is 20.5. The summed E-state index contributed by atoms with van der Waals surface area (Å²) in [5, 5.41) is 14.8. The molecule has 0 saturated heterocycles. The molecular formula is C17H16F2N6O2S. The summed E-state index contributed by atoms with van der Waals surface area (Å²) in [7, 11) is 0. The molecule has 0 spiro atoms. The Kier molecular flexibility index (Phi) is 5.24. The van der Waals surface area contributed by atoms with Crippen LogP contribution < -0.4 is 15.5 Å². The molecule has 0 aromatic carbocycles. The average molecular weight is 406 g/mol. The SMILES string of the molecule is CC1(C)CCC1NC(=O)c1nc(N(C#N)c2cc(F)nc(F)c2)sc1NC=O. The van der Waals surface area contributed by atoms with Gasteiger partial charge in [0.05, 0.1) is 5.69 Å². The van der Waals surface area contributed by atoms with E-state index < -0.39 is 17.8 Å². The summed E-state index contributed by atoms with van der Waals surface area (Å²) in [6, 6.07) is 1.68. The van der Waals surface area contributed by atoms with E-state index in [1.165, 1.54) is 0 Å². The predicted octanol–water partition coefficient (Wildman–Crippen LogP) is 2.92. The molecule has 2 amide bonds. The lowest BCUT2D eigenvalue weighted by Gasteiger charge is -2.44. The van der Waals surface area contributed by atoms with Crippen molar-refractivity contribution in [3.63, 3.8) is 0 Å². The van der Waals surface area contributed by atoms with Gasteiger partial charge in [0, 0.05) is 18.2 Å². The largest absolute Gasteiger partial charge is 0.347 e. The summed E-state index contributed by atoms with van der Waals surface area (Å²) in [4.78, 5) is 31.5. The van der Waals surface area contributed by atoms with Crippen molar-refractivity contribution in [2.24, 2.45) is 5.41 Å². The number of carbonyl (C=O) groups is 2. The molecule has 2 aromatic rings. The quantitative estimate of drug-likeness (QED) is 0.330. The number of amides is 2. The maximum absolute atomic E-state index is 13.4. The minimum atomic E-state index is -1.11. The van der Waals surface area contributed by atoms with Gasteiger partial charge < -0.3 is 10.6 Å². The first kappa shape index (κ1) is 19.6. The summed E-state index contributed by atoms with van der Waals surface area (Å²) >= 11 is 0.828. The maximum Gasteiger partial charge on any atom is 0.273 e. The number of nitrogens with one attached hydrogen (secondary N) is 2. The zero-order valence-corrected chi connectivity index (χ0v) is 15.8. The maximum atomic E-state index is 13.4. The van der Waals surface area contributed by atoms with Crippen LogP contribution in [0.2, 0.25) is 0 Å². The van der Waals surface area contributed by atoms with E-state index >= 15 is 0 Å². The highest BCUT2D eigenvalue weighted by Crippen LogP contribution is 2.41. The summed E-state index contributed by atoms with van der Waals surface area (Å²) < 4.78 is 26.8. The first-order valence-electron chi connectivity index (χ1n) is 8.30. The molecule has 28 heavy (non-hydrogen) atoms. The number of hydrogen-bond acceptors (Lipinski definition) is 7. The van der Waals surface area contributed by atoms with Crippen molar-refractivity contribution >= 4 is 39.5 Å². The number of anilines is 3. The van der Waals surface area contributed by atoms with Crippen LogP contribution >= 0.6 is 11.3 Å². The van der Waals surface area contributed by atoms with Gasteiger partial charge in [-0.05, 0) is 18.3 Å². The Bertz CT molecular complexity index is 951. The highest BCUT2D eigenvalue weighted by atomic mass is 32.1. The zero-order valence-electron chi connectivity index (χ0n) is 15.0. The lowest BCUT2D eigenvalue weighted by molar-refractivity contribution is -0.105. The Hall–Kier alpha value is -3.13. The number of thiazole rings is 1. The second-order valence-electron chi connectivity index (χ2n) is 6.90. The van der Waals surface area contributed by atoms with Crippen LogP contribution in [0.1, 0.15) is 37.2 Å². The number of hydrogen-bond donors (Lipinski definition) is 2. The molecule has 2 heterocycles. The minimum absolute atomic E-state index is 0.0325. The Morgan fingerprint density at radius 1 is 1.39 bits per heavy atom. The van der Waals surface area contributed by atoms with E-state index in [1.54, 1.807) is 6.19 Å². The van der Waals surface area contributed by atoms with Gasteiger partial charge in [0.2, 0.25) is 23.4 Å². The Labute approximate surface area is 163 Å². The Morgan fingerprint density at radius 3 is 2.57 bits per heavy atom. The molecular weight excluding hydrogens is 390 g/mol. The third-order valence-corrected chi connectivity index (χ3v) is 5.62. The number of halogens is 2. The molecule has 3 rings (SSSR count). The molecule has 2 N–H and O–H groups in total. The van der Waals surface area contributed by atoms with Gasteiger partial charge in [-0.15, -0.1) is 0 Å². The third-order valence-electron chi connectivity index (χ3n) is 4.64. The molecule has 11 heteroatoms. The van der Waals surface area contributed by atoms with Gasteiger partial charge >= 0.3 is 0 Å². The first-order chi connectivity index (χ1) is 13.2. The third kappa shape index (κ3) is 3.77. The van der Waals surface area contributed by atoms with Gasteiger partial charge in [0.1, 0.15) is 5.00 Å². The van der Waals surface area contributed by atoms with E-state index in [-0.39, 0.29) is 33.0 Å². The molecule has 2 aromatic heterocycles.